The maximum Gasteiger partial charge on any atom is 0.225 e. The summed E-state index contributed by atoms with van der Waals surface area (Å²) in [5.41, 5.74) is 1.97. The van der Waals surface area contributed by atoms with E-state index >= 15 is 0 Å². The van der Waals surface area contributed by atoms with Crippen molar-refractivity contribution in [2.45, 2.75) is 32.4 Å². The Morgan fingerprint density at radius 3 is 2.96 bits per heavy atom. The molecule has 0 saturated carbocycles. The SMILES string of the molecule is COCCN=C1Nc2ccccc2CNC12CCN(C(=O)C(C)C)C2. The molecule has 1 aromatic carbocycles. The third-order valence-electron chi connectivity index (χ3n) is 4.98. The second-order valence-electron chi connectivity index (χ2n) is 7.11. The topological polar surface area (TPSA) is 66.0 Å². The summed E-state index contributed by atoms with van der Waals surface area (Å²) in [6.45, 7) is 7.25. The van der Waals surface area contributed by atoms with Crippen molar-refractivity contribution in [1.29, 1.82) is 0 Å². The maximum absolute atomic E-state index is 12.5. The zero-order valence-corrected chi connectivity index (χ0v) is 15.3. The summed E-state index contributed by atoms with van der Waals surface area (Å²) in [5, 5.41) is 7.22. The number of ether oxygens (including phenoxy) is 1. The number of amidine groups is 1. The lowest BCUT2D eigenvalue weighted by molar-refractivity contribution is -0.133. The summed E-state index contributed by atoms with van der Waals surface area (Å²) in [4.78, 5) is 19.2. The van der Waals surface area contributed by atoms with Gasteiger partial charge in [0.25, 0.3) is 0 Å². The van der Waals surface area contributed by atoms with Crippen LogP contribution in [0.15, 0.2) is 29.3 Å². The van der Waals surface area contributed by atoms with E-state index in [1.807, 2.05) is 30.9 Å². The number of para-hydroxylation sites is 1. The third-order valence-corrected chi connectivity index (χ3v) is 4.98. The Morgan fingerprint density at radius 2 is 2.20 bits per heavy atom. The fourth-order valence-corrected chi connectivity index (χ4v) is 3.53. The van der Waals surface area contributed by atoms with Gasteiger partial charge in [-0.25, -0.2) is 0 Å². The molecule has 1 fully saturated rings. The van der Waals surface area contributed by atoms with Crippen molar-refractivity contribution in [3.63, 3.8) is 0 Å². The summed E-state index contributed by atoms with van der Waals surface area (Å²) >= 11 is 0. The Bertz CT molecular complexity index is 659. The molecule has 0 bridgehead atoms. The standard InChI is InChI=1S/C19H28N4O2/c1-14(2)17(24)23-10-8-19(13-23)18(20-9-11-25-3)22-16-7-5-4-6-15(16)12-21-19/h4-7,14,21H,8-13H2,1-3H3,(H,20,22). The molecule has 6 heteroatoms. The van der Waals surface area contributed by atoms with Crippen molar-refractivity contribution in [3.8, 4) is 0 Å². The van der Waals surface area contributed by atoms with Gasteiger partial charge >= 0.3 is 0 Å². The molecular formula is C19H28N4O2. The highest BCUT2D eigenvalue weighted by molar-refractivity contribution is 6.04. The van der Waals surface area contributed by atoms with E-state index in [1.54, 1.807) is 7.11 Å². The average molecular weight is 344 g/mol. The fraction of sp³-hybridized carbons (Fsp3) is 0.579. The highest BCUT2D eigenvalue weighted by Gasteiger charge is 2.45. The van der Waals surface area contributed by atoms with Crippen LogP contribution in [0.5, 0.6) is 0 Å². The molecule has 2 heterocycles. The Hall–Kier alpha value is -1.92. The number of carbonyl (C=O) groups excluding carboxylic acids is 1. The summed E-state index contributed by atoms with van der Waals surface area (Å²) in [7, 11) is 1.68. The quantitative estimate of drug-likeness (QED) is 0.819. The first-order chi connectivity index (χ1) is 12.1. The molecular weight excluding hydrogens is 316 g/mol. The number of hydrogen-bond donors (Lipinski definition) is 2. The molecule has 1 atom stereocenters. The number of nitrogens with zero attached hydrogens (tertiary/aromatic N) is 2. The van der Waals surface area contributed by atoms with Crippen LogP contribution in [0.2, 0.25) is 0 Å². The number of rotatable bonds is 4. The predicted octanol–water partition coefficient (Wildman–Crippen LogP) is 1.87. The van der Waals surface area contributed by atoms with Gasteiger partial charge in [-0.3, -0.25) is 15.1 Å². The molecule has 1 aromatic rings. The second-order valence-corrected chi connectivity index (χ2v) is 7.11. The van der Waals surface area contributed by atoms with Crippen molar-refractivity contribution in [1.82, 2.24) is 10.2 Å². The number of likely N-dealkylation sites (tertiary alicyclic amines) is 1. The maximum atomic E-state index is 12.5. The van der Waals surface area contributed by atoms with Crippen molar-refractivity contribution in [2.24, 2.45) is 10.9 Å². The van der Waals surface area contributed by atoms with Crippen LogP contribution in [0.25, 0.3) is 0 Å². The highest BCUT2D eigenvalue weighted by atomic mass is 16.5. The Kier molecular flexibility index (Phi) is 5.39. The van der Waals surface area contributed by atoms with Crippen LogP contribution in [-0.4, -0.2) is 55.5 Å². The monoisotopic (exact) mass is 344 g/mol. The average Bonchev–Trinajstić information content (AvgIpc) is 2.98. The first-order valence-electron chi connectivity index (χ1n) is 8.98. The van der Waals surface area contributed by atoms with Gasteiger partial charge in [-0.05, 0) is 18.1 Å². The van der Waals surface area contributed by atoms with Crippen LogP contribution in [-0.2, 0) is 16.1 Å². The molecule has 1 unspecified atom stereocenters. The Labute approximate surface area is 149 Å². The smallest absolute Gasteiger partial charge is 0.225 e. The molecule has 2 N–H and O–H groups in total. The number of nitrogens with one attached hydrogen (secondary N) is 2. The molecule has 0 aliphatic carbocycles. The van der Waals surface area contributed by atoms with Gasteiger partial charge in [-0.1, -0.05) is 32.0 Å². The van der Waals surface area contributed by atoms with E-state index in [9.17, 15) is 4.79 Å². The van der Waals surface area contributed by atoms with Gasteiger partial charge in [0, 0.05) is 38.3 Å². The minimum atomic E-state index is -0.322. The van der Waals surface area contributed by atoms with Crippen LogP contribution >= 0.6 is 0 Å². The summed E-state index contributed by atoms with van der Waals surface area (Å²) in [5.74, 6) is 1.13. The number of anilines is 1. The first kappa shape index (κ1) is 17.9. The number of methoxy groups -OCH3 is 1. The third kappa shape index (κ3) is 3.70. The molecule has 1 spiro atoms. The minimum absolute atomic E-state index is 0.0139. The molecule has 1 saturated heterocycles. The van der Waals surface area contributed by atoms with E-state index in [0.717, 1.165) is 31.0 Å². The van der Waals surface area contributed by atoms with Gasteiger partial charge < -0.3 is 15.0 Å². The number of benzene rings is 1. The summed E-state index contributed by atoms with van der Waals surface area (Å²) in [6, 6.07) is 8.27. The van der Waals surface area contributed by atoms with E-state index in [4.69, 9.17) is 9.73 Å². The lowest BCUT2D eigenvalue weighted by atomic mass is 9.96. The van der Waals surface area contributed by atoms with Crippen LogP contribution in [0.4, 0.5) is 5.69 Å². The molecule has 2 aliphatic heterocycles. The Morgan fingerprint density at radius 1 is 1.40 bits per heavy atom. The zero-order chi connectivity index (χ0) is 17.9. The van der Waals surface area contributed by atoms with Gasteiger partial charge in [0.15, 0.2) is 0 Å². The lowest BCUT2D eigenvalue weighted by Crippen LogP contribution is -2.55. The van der Waals surface area contributed by atoms with E-state index in [2.05, 4.69) is 22.8 Å². The van der Waals surface area contributed by atoms with E-state index in [-0.39, 0.29) is 17.4 Å². The van der Waals surface area contributed by atoms with Crippen LogP contribution < -0.4 is 10.6 Å². The fourth-order valence-electron chi connectivity index (χ4n) is 3.53. The van der Waals surface area contributed by atoms with Gasteiger partial charge in [0.05, 0.1) is 18.7 Å². The molecule has 1 amide bonds. The summed E-state index contributed by atoms with van der Waals surface area (Å²) in [6.07, 6.45) is 0.859. The number of fused-ring (bicyclic) bond motifs is 1. The number of aliphatic imine (C=N–C) groups is 1. The molecule has 136 valence electrons. The number of amides is 1. The molecule has 25 heavy (non-hydrogen) atoms. The normalized spacial score (nSPS) is 24.5. The molecule has 6 nitrogen and oxygen atoms in total. The Balaban J connectivity index is 1.88. The van der Waals surface area contributed by atoms with Gasteiger partial charge in [0.1, 0.15) is 5.84 Å². The van der Waals surface area contributed by atoms with Crippen LogP contribution in [0, 0.1) is 5.92 Å². The van der Waals surface area contributed by atoms with Gasteiger partial charge in [-0.2, -0.15) is 0 Å². The van der Waals surface area contributed by atoms with Crippen molar-refractivity contribution in [2.75, 3.05) is 38.7 Å². The van der Waals surface area contributed by atoms with Crippen molar-refractivity contribution >= 4 is 17.4 Å². The number of carbonyl (C=O) groups is 1. The predicted molar refractivity (Wildman–Crippen MR) is 99.8 cm³/mol. The number of hydrogen-bond acceptors (Lipinski definition) is 4. The van der Waals surface area contributed by atoms with Crippen molar-refractivity contribution < 1.29 is 9.53 Å². The van der Waals surface area contributed by atoms with E-state index in [0.29, 0.717) is 19.7 Å². The molecule has 0 aromatic heterocycles. The van der Waals surface area contributed by atoms with E-state index in [1.165, 1.54) is 5.56 Å². The minimum Gasteiger partial charge on any atom is -0.383 e. The van der Waals surface area contributed by atoms with E-state index < -0.39 is 0 Å². The largest absolute Gasteiger partial charge is 0.383 e. The zero-order valence-electron chi connectivity index (χ0n) is 15.3. The summed E-state index contributed by atoms with van der Waals surface area (Å²) < 4.78 is 5.16. The van der Waals surface area contributed by atoms with Crippen LogP contribution in [0.1, 0.15) is 25.8 Å². The molecule has 3 rings (SSSR count). The highest BCUT2D eigenvalue weighted by Crippen LogP contribution is 2.30. The lowest BCUT2D eigenvalue weighted by Gasteiger charge is -2.31. The second kappa shape index (κ2) is 7.54. The van der Waals surface area contributed by atoms with Crippen LogP contribution in [0.3, 0.4) is 0 Å². The molecule has 2 aliphatic rings. The van der Waals surface area contributed by atoms with Gasteiger partial charge in [-0.15, -0.1) is 0 Å². The van der Waals surface area contributed by atoms with Crippen molar-refractivity contribution in [3.05, 3.63) is 29.8 Å². The van der Waals surface area contributed by atoms with Gasteiger partial charge in [0.2, 0.25) is 5.91 Å². The molecule has 0 radical (unpaired) electrons. The first-order valence-corrected chi connectivity index (χ1v) is 8.98.